The highest BCUT2D eigenvalue weighted by Gasteiger charge is 2.23. The van der Waals surface area contributed by atoms with Gasteiger partial charge in [-0.15, -0.1) is 0 Å². The zero-order valence-corrected chi connectivity index (χ0v) is 18.0. The van der Waals surface area contributed by atoms with Crippen molar-refractivity contribution in [2.24, 2.45) is 0 Å². The number of aromatic nitrogens is 1. The van der Waals surface area contributed by atoms with Crippen LogP contribution in [0.4, 0.5) is 0 Å². The summed E-state index contributed by atoms with van der Waals surface area (Å²) >= 11 is 0. The van der Waals surface area contributed by atoms with E-state index in [9.17, 15) is 0 Å². The molecule has 0 aliphatic heterocycles. The molecule has 4 aromatic rings. The average molecular weight is 378 g/mol. The molecular formula is C28H27N. The van der Waals surface area contributed by atoms with Crippen molar-refractivity contribution in [2.45, 2.75) is 47.5 Å². The van der Waals surface area contributed by atoms with Gasteiger partial charge < -0.3 is 0 Å². The van der Waals surface area contributed by atoms with E-state index in [4.69, 9.17) is 4.98 Å². The van der Waals surface area contributed by atoms with Crippen LogP contribution < -0.4 is 0 Å². The van der Waals surface area contributed by atoms with Gasteiger partial charge in [0, 0.05) is 10.9 Å². The Kier molecular flexibility index (Phi) is 4.10. The second-order valence-corrected chi connectivity index (χ2v) is 8.60. The maximum Gasteiger partial charge on any atom is 0.0747 e. The normalized spacial score (nSPS) is 12.7. The lowest BCUT2D eigenvalue weighted by Gasteiger charge is -2.25. The number of benzene rings is 3. The Morgan fingerprint density at radius 3 is 2.24 bits per heavy atom. The van der Waals surface area contributed by atoms with Crippen LogP contribution in [0.25, 0.3) is 33.3 Å². The Bertz CT molecular complexity index is 1290. The van der Waals surface area contributed by atoms with E-state index in [2.05, 4.69) is 83.1 Å². The molecule has 0 bridgehead atoms. The molecule has 0 amide bonds. The Labute approximate surface area is 173 Å². The predicted molar refractivity (Wildman–Crippen MR) is 124 cm³/mol. The minimum absolute atomic E-state index is 1.07. The van der Waals surface area contributed by atoms with Gasteiger partial charge in [-0.2, -0.15) is 0 Å². The highest BCUT2D eigenvalue weighted by molar-refractivity contribution is 5.92. The molecule has 29 heavy (non-hydrogen) atoms. The van der Waals surface area contributed by atoms with Crippen LogP contribution in [-0.2, 0) is 12.8 Å². The number of nitrogens with zero attached hydrogens (tertiary/aromatic N) is 1. The first kappa shape index (κ1) is 18.1. The molecule has 5 rings (SSSR count). The maximum atomic E-state index is 5.18. The van der Waals surface area contributed by atoms with Crippen LogP contribution in [0.2, 0.25) is 0 Å². The number of hydrogen-bond donors (Lipinski definition) is 0. The Hall–Kier alpha value is -2.93. The molecular weight excluding hydrogens is 350 g/mol. The molecule has 0 spiro atoms. The van der Waals surface area contributed by atoms with Crippen LogP contribution in [0, 0.1) is 34.6 Å². The summed E-state index contributed by atoms with van der Waals surface area (Å²) in [4.78, 5) is 5.18. The minimum Gasteiger partial charge on any atom is -0.247 e. The Morgan fingerprint density at radius 2 is 1.45 bits per heavy atom. The molecule has 0 N–H and O–H groups in total. The minimum atomic E-state index is 1.07. The molecule has 0 unspecified atom stereocenters. The molecule has 0 atom stereocenters. The molecule has 1 aromatic heterocycles. The van der Waals surface area contributed by atoms with Crippen molar-refractivity contribution >= 4 is 10.9 Å². The van der Waals surface area contributed by atoms with E-state index in [0.29, 0.717) is 0 Å². The van der Waals surface area contributed by atoms with Crippen LogP contribution in [-0.4, -0.2) is 4.98 Å². The number of fused-ring (bicyclic) bond motifs is 4. The predicted octanol–water partition coefficient (Wildman–Crippen LogP) is 7.21. The second-order valence-electron chi connectivity index (χ2n) is 8.60. The lowest BCUT2D eigenvalue weighted by atomic mass is 9.82. The molecule has 1 heterocycles. The fourth-order valence-electron chi connectivity index (χ4n) is 5.02. The quantitative estimate of drug-likeness (QED) is 0.341. The van der Waals surface area contributed by atoms with Crippen LogP contribution >= 0.6 is 0 Å². The summed E-state index contributed by atoms with van der Waals surface area (Å²) in [5.41, 5.74) is 16.0. The smallest absolute Gasteiger partial charge is 0.0747 e. The van der Waals surface area contributed by atoms with Crippen LogP contribution in [0.5, 0.6) is 0 Å². The van der Waals surface area contributed by atoms with Gasteiger partial charge in [0.25, 0.3) is 0 Å². The first-order valence-corrected chi connectivity index (χ1v) is 10.5. The number of pyridine rings is 1. The van der Waals surface area contributed by atoms with Crippen LogP contribution in [0.3, 0.4) is 0 Å². The zero-order chi connectivity index (χ0) is 20.3. The SMILES string of the molecule is Cc1ccccc1-c1cc2c(cc1C)-c1nc3ccc(C)c(C)c3c(C)c1CC2. The molecule has 0 fully saturated rings. The first-order chi connectivity index (χ1) is 14.0. The molecule has 144 valence electrons. The summed E-state index contributed by atoms with van der Waals surface area (Å²) in [6.07, 6.45) is 2.15. The van der Waals surface area contributed by atoms with Gasteiger partial charge in [-0.3, -0.25) is 0 Å². The van der Waals surface area contributed by atoms with Gasteiger partial charge in [-0.1, -0.05) is 36.4 Å². The molecule has 3 aromatic carbocycles. The number of aryl methyl sites for hydroxylation is 6. The summed E-state index contributed by atoms with van der Waals surface area (Å²) in [7, 11) is 0. The molecule has 0 saturated carbocycles. The fourth-order valence-corrected chi connectivity index (χ4v) is 5.02. The Morgan fingerprint density at radius 1 is 0.655 bits per heavy atom. The lowest BCUT2D eigenvalue weighted by Crippen LogP contribution is -2.10. The van der Waals surface area contributed by atoms with Crippen molar-refractivity contribution in [1.29, 1.82) is 0 Å². The highest BCUT2D eigenvalue weighted by Crippen LogP contribution is 2.40. The monoisotopic (exact) mass is 377 g/mol. The molecule has 0 saturated heterocycles. The third-order valence-electron chi connectivity index (χ3n) is 6.84. The third-order valence-corrected chi connectivity index (χ3v) is 6.84. The van der Waals surface area contributed by atoms with Crippen LogP contribution in [0.15, 0.2) is 48.5 Å². The van der Waals surface area contributed by atoms with Crippen molar-refractivity contribution in [1.82, 2.24) is 4.98 Å². The summed E-state index contributed by atoms with van der Waals surface area (Å²) in [5.74, 6) is 0. The van der Waals surface area contributed by atoms with E-state index in [0.717, 1.165) is 18.4 Å². The van der Waals surface area contributed by atoms with Gasteiger partial charge >= 0.3 is 0 Å². The summed E-state index contributed by atoms with van der Waals surface area (Å²) in [6.45, 7) is 11.1. The summed E-state index contributed by atoms with van der Waals surface area (Å²) < 4.78 is 0. The van der Waals surface area contributed by atoms with Crippen molar-refractivity contribution in [3.05, 3.63) is 87.5 Å². The van der Waals surface area contributed by atoms with E-state index < -0.39 is 0 Å². The fraction of sp³-hybridized carbons (Fsp3) is 0.250. The molecule has 1 heteroatoms. The lowest BCUT2D eigenvalue weighted by molar-refractivity contribution is 0.921. The highest BCUT2D eigenvalue weighted by atomic mass is 14.7. The van der Waals surface area contributed by atoms with Gasteiger partial charge in [0.15, 0.2) is 0 Å². The first-order valence-electron chi connectivity index (χ1n) is 10.5. The number of hydrogen-bond acceptors (Lipinski definition) is 1. The van der Waals surface area contributed by atoms with Gasteiger partial charge in [-0.25, -0.2) is 4.98 Å². The second kappa shape index (κ2) is 6.56. The van der Waals surface area contributed by atoms with Gasteiger partial charge in [-0.05, 0) is 110 Å². The topological polar surface area (TPSA) is 12.9 Å². The van der Waals surface area contributed by atoms with Crippen molar-refractivity contribution in [3.63, 3.8) is 0 Å². The van der Waals surface area contributed by atoms with Crippen molar-refractivity contribution in [2.75, 3.05) is 0 Å². The van der Waals surface area contributed by atoms with E-state index >= 15 is 0 Å². The zero-order valence-electron chi connectivity index (χ0n) is 18.0. The molecule has 0 radical (unpaired) electrons. The van der Waals surface area contributed by atoms with E-state index in [-0.39, 0.29) is 0 Å². The van der Waals surface area contributed by atoms with Gasteiger partial charge in [0.05, 0.1) is 11.2 Å². The van der Waals surface area contributed by atoms with E-state index in [1.54, 1.807) is 0 Å². The maximum absolute atomic E-state index is 5.18. The average Bonchev–Trinajstić information content (AvgIpc) is 2.71. The molecule has 1 aliphatic carbocycles. The number of rotatable bonds is 1. The molecule has 1 aliphatic rings. The van der Waals surface area contributed by atoms with Gasteiger partial charge in [0.2, 0.25) is 0 Å². The Balaban J connectivity index is 1.76. The summed E-state index contributed by atoms with van der Waals surface area (Å²) in [5, 5.41) is 1.35. The summed E-state index contributed by atoms with van der Waals surface area (Å²) in [6, 6.07) is 17.9. The van der Waals surface area contributed by atoms with Crippen LogP contribution in [0.1, 0.15) is 38.9 Å². The third kappa shape index (κ3) is 2.72. The van der Waals surface area contributed by atoms with Gasteiger partial charge in [0.1, 0.15) is 0 Å². The standard InChI is InChI=1S/C28H27N/c1-16-10-13-26-27(19(16)4)20(5)23-12-11-21-15-24(22-9-7-6-8-17(22)2)18(3)14-25(21)28(23)29-26/h6-10,13-15H,11-12H2,1-5H3. The van der Waals surface area contributed by atoms with Crippen molar-refractivity contribution in [3.8, 4) is 22.4 Å². The van der Waals surface area contributed by atoms with Crippen molar-refractivity contribution < 1.29 is 0 Å². The molecule has 1 nitrogen and oxygen atoms in total. The largest absolute Gasteiger partial charge is 0.247 e. The van der Waals surface area contributed by atoms with E-state index in [1.165, 1.54) is 66.7 Å². The van der Waals surface area contributed by atoms with E-state index in [1.807, 2.05) is 0 Å².